The molecular formula is C53H43N. The summed E-state index contributed by atoms with van der Waals surface area (Å²) in [6.07, 6.45) is 0. The molecule has 0 unspecified atom stereocenters. The number of benzene rings is 8. The van der Waals surface area contributed by atoms with Crippen molar-refractivity contribution >= 4 is 38.6 Å². The lowest BCUT2D eigenvalue weighted by Crippen LogP contribution is -2.18. The van der Waals surface area contributed by atoms with Crippen LogP contribution in [0.5, 0.6) is 0 Å². The summed E-state index contributed by atoms with van der Waals surface area (Å²) in [5, 5.41) is 5.21. The van der Waals surface area contributed by atoms with Gasteiger partial charge in [-0.15, -0.1) is 0 Å². The first kappa shape index (κ1) is 31.6. The van der Waals surface area contributed by atoms with E-state index in [1.807, 2.05) is 0 Å². The minimum atomic E-state index is -0.180. The fourth-order valence-electron chi connectivity index (χ4n) is 10.7. The highest BCUT2D eigenvalue weighted by atomic mass is 15.1. The molecule has 0 radical (unpaired) electrons. The molecule has 8 aromatic rings. The van der Waals surface area contributed by atoms with E-state index in [-0.39, 0.29) is 16.2 Å². The number of hydrogen-bond donors (Lipinski definition) is 0. The van der Waals surface area contributed by atoms with E-state index < -0.39 is 0 Å². The van der Waals surface area contributed by atoms with Crippen LogP contribution < -0.4 is 4.90 Å². The van der Waals surface area contributed by atoms with Gasteiger partial charge in [0.2, 0.25) is 0 Å². The topological polar surface area (TPSA) is 3.24 Å². The van der Waals surface area contributed by atoms with Gasteiger partial charge in [-0.05, 0) is 125 Å². The maximum absolute atomic E-state index is 2.52. The van der Waals surface area contributed by atoms with Crippen LogP contribution in [0.2, 0.25) is 0 Å². The van der Waals surface area contributed by atoms with Crippen LogP contribution in [0.15, 0.2) is 152 Å². The van der Waals surface area contributed by atoms with Crippen molar-refractivity contribution in [1.29, 1.82) is 0 Å². The number of hydrogen-bond acceptors (Lipinski definition) is 1. The summed E-state index contributed by atoms with van der Waals surface area (Å²) >= 11 is 0. The lowest BCUT2D eigenvalue weighted by Gasteiger charge is -2.31. The highest BCUT2D eigenvalue weighted by Gasteiger charge is 2.43. The molecule has 8 aromatic carbocycles. The summed E-state index contributed by atoms with van der Waals surface area (Å²) in [6, 6.07) is 57.4. The molecule has 0 amide bonds. The Morgan fingerprint density at radius 2 is 0.926 bits per heavy atom. The van der Waals surface area contributed by atoms with Gasteiger partial charge in [-0.2, -0.15) is 0 Å². The van der Waals surface area contributed by atoms with Crippen molar-refractivity contribution in [2.45, 2.75) is 57.8 Å². The Morgan fingerprint density at radius 3 is 1.69 bits per heavy atom. The summed E-state index contributed by atoms with van der Waals surface area (Å²) in [5.74, 6) is 0. The van der Waals surface area contributed by atoms with Gasteiger partial charge < -0.3 is 4.90 Å². The summed E-state index contributed by atoms with van der Waals surface area (Å²) in [6.45, 7) is 14.4. The Bertz CT molecular complexity index is 2900. The smallest absolute Gasteiger partial charge is 0.0543 e. The van der Waals surface area contributed by atoms with Crippen molar-refractivity contribution in [3.8, 4) is 33.4 Å². The fourth-order valence-corrected chi connectivity index (χ4v) is 10.7. The van der Waals surface area contributed by atoms with Gasteiger partial charge in [0.15, 0.2) is 0 Å². The molecule has 0 saturated heterocycles. The Balaban J connectivity index is 1.13. The van der Waals surface area contributed by atoms with E-state index in [2.05, 4.69) is 198 Å². The highest BCUT2D eigenvalue weighted by molar-refractivity contribution is 6.12. The molecule has 1 heteroatoms. The van der Waals surface area contributed by atoms with Gasteiger partial charge in [-0.1, -0.05) is 151 Å². The molecule has 54 heavy (non-hydrogen) atoms. The lowest BCUT2D eigenvalue weighted by molar-refractivity contribution is 0.652. The molecule has 0 atom stereocenters. The van der Waals surface area contributed by atoms with E-state index in [1.54, 1.807) is 0 Å². The maximum atomic E-state index is 2.52. The first-order valence-corrected chi connectivity index (χ1v) is 19.4. The predicted octanol–water partition coefficient (Wildman–Crippen LogP) is 14.4. The predicted molar refractivity (Wildman–Crippen MR) is 229 cm³/mol. The van der Waals surface area contributed by atoms with Gasteiger partial charge in [0.1, 0.15) is 0 Å². The third kappa shape index (κ3) is 4.00. The van der Waals surface area contributed by atoms with Crippen LogP contribution in [0.1, 0.15) is 74.9 Å². The van der Waals surface area contributed by atoms with Crippen molar-refractivity contribution in [2.24, 2.45) is 0 Å². The van der Waals surface area contributed by atoms with E-state index in [1.165, 1.54) is 99.7 Å². The normalized spacial score (nSPS) is 16.0. The third-order valence-corrected chi connectivity index (χ3v) is 13.4. The standard InChI is InChI=1S/C53H43N/c1-51(2)43-23-15-14-20-36(43)41-29-46-42(30-45(41)51)37-27-25-34(28-44(37)52(46,3)4)54(33-17-8-7-9-18-33)48-31-47-49(39-22-13-12-21-38(39)48)40-26-24-32-16-10-11-19-35(32)50(40)53(47,5)6/h7-31H,1-6H3. The summed E-state index contributed by atoms with van der Waals surface area (Å²) < 4.78 is 0. The van der Waals surface area contributed by atoms with Crippen molar-refractivity contribution < 1.29 is 0 Å². The zero-order valence-electron chi connectivity index (χ0n) is 31.9. The molecule has 3 aliphatic rings. The zero-order chi connectivity index (χ0) is 36.7. The Hall–Kier alpha value is -5.92. The van der Waals surface area contributed by atoms with Gasteiger partial charge >= 0.3 is 0 Å². The minimum Gasteiger partial charge on any atom is -0.310 e. The second-order valence-corrected chi connectivity index (χ2v) is 17.3. The van der Waals surface area contributed by atoms with Crippen molar-refractivity contribution in [3.63, 3.8) is 0 Å². The second kappa shape index (κ2) is 10.6. The highest BCUT2D eigenvalue weighted by Crippen LogP contribution is 2.59. The van der Waals surface area contributed by atoms with Gasteiger partial charge in [-0.25, -0.2) is 0 Å². The molecule has 3 aliphatic carbocycles. The molecule has 0 aromatic heterocycles. The Labute approximate surface area is 318 Å². The van der Waals surface area contributed by atoms with Crippen LogP contribution in [0, 0.1) is 0 Å². The molecule has 260 valence electrons. The first-order chi connectivity index (χ1) is 26.1. The largest absolute Gasteiger partial charge is 0.310 e. The average Bonchev–Trinajstić information content (AvgIpc) is 3.67. The Kier molecular flexibility index (Phi) is 6.21. The molecule has 0 bridgehead atoms. The van der Waals surface area contributed by atoms with Crippen LogP contribution >= 0.6 is 0 Å². The lowest BCUT2D eigenvalue weighted by atomic mass is 9.79. The van der Waals surface area contributed by atoms with Crippen LogP contribution in [-0.2, 0) is 16.2 Å². The first-order valence-electron chi connectivity index (χ1n) is 19.4. The number of fused-ring (bicyclic) bond motifs is 13. The second-order valence-electron chi connectivity index (χ2n) is 17.3. The molecule has 0 spiro atoms. The number of rotatable bonds is 3. The van der Waals surface area contributed by atoms with Crippen LogP contribution in [-0.4, -0.2) is 0 Å². The van der Waals surface area contributed by atoms with Gasteiger partial charge in [0, 0.05) is 33.0 Å². The fraction of sp³-hybridized carbons (Fsp3) is 0.170. The summed E-state index contributed by atoms with van der Waals surface area (Å²) in [4.78, 5) is 2.51. The number of nitrogens with zero attached hydrogens (tertiary/aromatic N) is 1. The zero-order valence-corrected chi connectivity index (χ0v) is 31.9. The molecule has 1 nitrogen and oxygen atoms in total. The van der Waals surface area contributed by atoms with Crippen molar-refractivity contribution in [1.82, 2.24) is 0 Å². The molecule has 0 saturated carbocycles. The number of para-hydroxylation sites is 1. The molecule has 0 heterocycles. The quantitative estimate of drug-likeness (QED) is 0.178. The minimum absolute atomic E-state index is 0.0355. The van der Waals surface area contributed by atoms with Gasteiger partial charge in [-0.3, -0.25) is 0 Å². The van der Waals surface area contributed by atoms with Crippen LogP contribution in [0.4, 0.5) is 17.1 Å². The average molecular weight is 694 g/mol. The molecular weight excluding hydrogens is 651 g/mol. The van der Waals surface area contributed by atoms with Crippen LogP contribution in [0.3, 0.4) is 0 Å². The van der Waals surface area contributed by atoms with Gasteiger partial charge in [0.25, 0.3) is 0 Å². The van der Waals surface area contributed by atoms with Crippen molar-refractivity contribution in [2.75, 3.05) is 4.90 Å². The summed E-state index contributed by atoms with van der Waals surface area (Å²) in [7, 11) is 0. The Morgan fingerprint density at radius 1 is 0.352 bits per heavy atom. The van der Waals surface area contributed by atoms with Gasteiger partial charge in [0.05, 0.1) is 5.69 Å². The monoisotopic (exact) mass is 693 g/mol. The maximum Gasteiger partial charge on any atom is 0.0543 e. The molecule has 11 rings (SSSR count). The summed E-state index contributed by atoms with van der Waals surface area (Å²) in [5.41, 5.74) is 19.9. The van der Waals surface area contributed by atoms with E-state index >= 15 is 0 Å². The number of anilines is 3. The van der Waals surface area contributed by atoms with E-state index in [9.17, 15) is 0 Å². The SMILES string of the molecule is CC1(C)c2ccccc2-c2cc3c(cc21)-c1ccc(N(c2ccccc2)c2cc4c(c5ccccc25)-c2ccc5ccccc5c2C4(C)C)cc1C3(C)C. The van der Waals surface area contributed by atoms with Crippen molar-refractivity contribution in [3.05, 3.63) is 185 Å². The van der Waals surface area contributed by atoms with E-state index in [0.717, 1.165) is 5.69 Å². The molecule has 0 fully saturated rings. The van der Waals surface area contributed by atoms with E-state index in [0.29, 0.717) is 0 Å². The van der Waals surface area contributed by atoms with Crippen LogP contribution in [0.25, 0.3) is 54.9 Å². The third-order valence-electron chi connectivity index (χ3n) is 13.4. The van der Waals surface area contributed by atoms with E-state index in [4.69, 9.17) is 0 Å². The molecule has 0 N–H and O–H groups in total. The molecule has 0 aliphatic heterocycles.